The largest absolute Gasteiger partial charge is 0.334 e. The molecule has 0 fully saturated rings. The molecule has 0 radical (unpaired) electrons. The van der Waals surface area contributed by atoms with Crippen LogP contribution in [0.5, 0.6) is 0 Å². The van der Waals surface area contributed by atoms with Crippen LogP contribution in [0.1, 0.15) is 25.0 Å². The maximum Gasteiger partial charge on any atom is 0.322 e. The van der Waals surface area contributed by atoms with Crippen molar-refractivity contribution in [3.05, 3.63) is 75.8 Å². The molecule has 0 unspecified atom stereocenters. The molecule has 31 heavy (non-hydrogen) atoms. The van der Waals surface area contributed by atoms with Gasteiger partial charge in [-0.3, -0.25) is 4.79 Å². The summed E-state index contributed by atoms with van der Waals surface area (Å²) in [4.78, 5) is 31.7. The lowest BCUT2D eigenvalue weighted by molar-refractivity contribution is -0.895. The van der Waals surface area contributed by atoms with E-state index in [2.05, 4.69) is 24.1 Å². The molecule has 0 saturated carbocycles. The number of para-hydroxylation sites is 1. The van der Waals surface area contributed by atoms with Gasteiger partial charge in [0.05, 0.1) is 38.2 Å². The van der Waals surface area contributed by atoms with Crippen LogP contribution in [0, 0.1) is 12.7 Å². The number of hydrogen-bond acceptors (Lipinski definition) is 2. The van der Waals surface area contributed by atoms with Gasteiger partial charge in [-0.15, -0.1) is 0 Å². The normalized spacial score (nSPS) is 11.1. The lowest BCUT2D eigenvalue weighted by Crippen LogP contribution is -3.12. The van der Waals surface area contributed by atoms with Gasteiger partial charge in [-0.05, 0) is 62.1 Å². The van der Waals surface area contributed by atoms with Gasteiger partial charge in [0.1, 0.15) is 5.82 Å². The number of carbonyl (C=O) groups excluding carboxylic acids is 1. The summed E-state index contributed by atoms with van der Waals surface area (Å²) in [6.45, 7) is 9.54. The van der Waals surface area contributed by atoms with Crippen molar-refractivity contribution in [3.63, 3.8) is 0 Å². The number of carbonyl (C=O) groups is 1. The number of benzene rings is 2. The summed E-state index contributed by atoms with van der Waals surface area (Å²) in [5.74, 6) is -0.363. The first-order chi connectivity index (χ1) is 14.9. The summed E-state index contributed by atoms with van der Waals surface area (Å²) < 4.78 is 13.2. The molecular formula is C24H30FN4O2+. The second-order valence-electron chi connectivity index (χ2n) is 7.73. The monoisotopic (exact) mass is 425 g/mol. The molecule has 0 aliphatic heterocycles. The predicted molar refractivity (Wildman–Crippen MR) is 122 cm³/mol. The van der Waals surface area contributed by atoms with E-state index in [1.807, 2.05) is 31.2 Å². The Hall–Kier alpha value is -3.19. The number of halogens is 1. The predicted octanol–water partition coefficient (Wildman–Crippen LogP) is 2.93. The molecule has 164 valence electrons. The third-order valence-corrected chi connectivity index (χ3v) is 5.64. The van der Waals surface area contributed by atoms with Crippen LogP contribution in [0.4, 0.5) is 14.9 Å². The maximum atomic E-state index is 13.2. The molecule has 2 aromatic carbocycles. The average Bonchev–Trinajstić information content (AvgIpc) is 2.76. The second-order valence-corrected chi connectivity index (χ2v) is 7.73. The summed E-state index contributed by atoms with van der Waals surface area (Å²) in [7, 11) is 0. The highest BCUT2D eigenvalue weighted by Crippen LogP contribution is 2.16. The maximum absolute atomic E-state index is 13.2. The number of aromatic nitrogens is 1. The van der Waals surface area contributed by atoms with Crippen molar-refractivity contribution in [2.45, 2.75) is 27.3 Å². The molecule has 0 bridgehead atoms. The number of fused-ring (bicyclic) bond motifs is 1. The zero-order valence-corrected chi connectivity index (χ0v) is 18.3. The van der Waals surface area contributed by atoms with Crippen molar-refractivity contribution >= 4 is 22.6 Å². The first-order valence-corrected chi connectivity index (χ1v) is 10.7. The van der Waals surface area contributed by atoms with E-state index in [1.165, 1.54) is 29.2 Å². The lowest BCUT2D eigenvalue weighted by atomic mass is 10.1. The van der Waals surface area contributed by atoms with Gasteiger partial charge >= 0.3 is 6.03 Å². The highest BCUT2D eigenvalue weighted by molar-refractivity contribution is 5.89. The molecule has 6 nitrogen and oxygen atoms in total. The Bertz CT molecular complexity index is 1090. The summed E-state index contributed by atoms with van der Waals surface area (Å²) in [6, 6.07) is 13.0. The van der Waals surface area contributed by atoms with E-state index in [9.17, 15) is 14.0 Å². The first kappa shape index (κ1) is 22.5. The highest BCUT2D eigenvalue weighted by Gasteiger charge is 2.18. The first-order valence-electron chi connectivity index (χ1n) is 10.7. The number of hydrogen-bond donors (Lipinski definition) is 3. The van der Waals surface area contributed by atoms with E-state index >= 15 is 0 Å². The van der Waals surface area contributed by atoms with Crippen molar-refractivity contribution in [3.8, 4) is 0 Å². The number of rotatable bonds is 8. The number of urea groups is 1. The summed E-state index contributed by atoms with van der Waals surface area (Å²) in [5, 5.41) is 3.75. The van der Waals surface area contributed by atoms with E-state index in [4.69, 9.17) is 0 Å². The van der Waals surface area contributed by atoms with Crippen molar-refractivity contribution in [2.75, 3.05) is 31.5 Å². The summed E-state index contributed by atoms with van der Waals surface area (Å²) in [6.07, 6.45) is 0. The average molecular weight is 426 g/mol. The van der Waals surface area contributed by atoms with E-state index < -0.39 is 0 Å². The summed E-state index contributed by atoms with van der Waals surface area (Å²) >= 11 is 0. The van der Waals surface area contributed by atoms with Gasteiger partial charge in [-0.25, -0.2) is 9.18 Å². The minimum Gasteiger partial charge on any atom is -0.334 e. The number of aromatic amines is 1. The fourth-order valence-electron chi connectivity index (χ4n) is 3.64. The van der Waals surface area contributed by atoms with Crippen LogP contribution < -0.4 is 15.8 Å². The number of H-pyrrole nitrogens is 1. The molecule has 3 aromatic rings. The Morgan fingerprint density at radius 2 is 1.84 bits per heavy atom. The Labute approximate surface area is 181 Å². The molecule has 3 N–H and O–H groups in total. The van der Waals surface area contributed by atoms with Crippen LogP contribution in [0.15, 0.2) is 53.3 Å². The number of nitrogens with one attached hydrogen (secondary N) is 3. The SMILES string of the molecule is CC[NH+](CC)CCN(Cc1cc2cccc(C)c2[nH]c1=O)C(=O)Nc1ccc(F)cc1. The van der Waals surface area contributed by atoms with Crippen LogP contribution >= 0.6 is 0 Å². The third-order valence-electron chi connectivity index (χ3n) is 5.64. The molecule has 3 rings (SSSR count). The van der Waals surface area contributed by atoms with Crippen molar-refractivity contribution < 1.29 is 14.1 Å². The smallest absolute Gasteiger partial charge is 0.322 e. The highest BCUT2D eigenvalue weighted by atomic mass is 19.1. The van der Waals surface area contributed by atoms with Crippen molar-refractivity contribution in [1.29, 1.82) is 0 Å². The number of aryl methyl sites for hydroxylation is 1. The van der Waals surface area contributed by atoms with E-state index in [0.717, 1.165) is 36.1 Å². The van der Waals surface area contributed by atoms with E-state index in [0.29, 0.717) is 17.8 Å². The van der Waals surface area contributed by atoms with E-state index in [1.54, 1.807) is 4.90 Å². The molecule has 0 aliphatic carbocycles. The molecular weight excluding hydrogens is 395 g/mol. The van der Waals surface area contributed by atoms with Gasteiger partial charge in [0.2, 0.25) is 0 Å². The number of quaternary nitrogens is 1. The number of anilines is 1. The molecule has 1 heterocycles. The van der Waals surface area contributed by atoms with Crippen LogP contribution in [-0.4, -0.2) is 42.1 Å². The lowest BCUT2D eigenvalue weighted by Gasteiger charge is -2.25. The number of likely N-dealkylation sites (N-methyl/N-ethyl adjacent to an activating group) is 1. The number of pyridine rings is 1. The summed E-state index contributed by atoms with van der Waals surface area (Å²) in [5.41, 5.74) is 2.65. The van der Waals surface area contributed by atoms with Gasteiger partial charge in [0.15, 0.2) is 0 Å². The van der Waals surface area contributed by atoms with Crippen molar-refractivity contribution in [2.24, 2.45) is 0 Å². The molecule has 1 aromatic heterocycles. The van der Waals surface area contributed by atoms with Gasteiger partial charge in [0, 0.05) is 11.3 Å². The Morgan fingerprint density at radius 3 is 2.52 bits per heavy atom. The third kappa shape index (κ3) is 5.70. The molecule has 0 aliphatic rings. The zero-order chi connectivity index (χ0) is 22.4. The van der Waals surface area contributed by atoms with E-state index in [-0.39, 0.29) is 24.0 Å². The number of nitrogens with zero attached hydrogens (tertiary/aromatic N) is 1. The minimum absolute atomic E-state index is 0.187. The quantitative estimate of drug-likeness (QED) is 0.519. The Morgan fingerprint density at radius 1 is 1.13 bits per heavy atom. The van der Waals surface area contributed by atoms with Gasteiger partial charge < -0.3 is 20.1 Å². The molecule has 0 saturated heterocycles. The second kappa shape index (κ2) is 10.2. The van der Waals surface area contributed by atoms with Gasteiger partial charge in [-0.2, -0.15) is 0 Å². The van der Waals surface area contributed by atoms with Crippen molar-refractivity contribution in [1.82, 2.24) is 9.88 Å². The Kier molecular flexibility index (Phi) is 7.41. The van der Waals surface area contributed by atoms with Crippen LogP contribution in [0.25, 0.3) is 10.9 Å². The molecule has 7 heteroatoms. The topological polar surface area (TPSA) is 69.6 Å². The van der Waals surface area contributed by atoms with Crippen LogP contribution in [0.2, 0.25) is 0 Å². The molecule has 0 spiro atoms. The fraction of sp³-hybridized carbons (Fsp3) is 0.333. The minimum atomic E-state index is -0.363. The van der Waals surface area contributed by atoms with Gasteiger partial charge in [0.25, 0.3) is 5.56 Å². The fourth-order valence-corrected chi connectivity index (χ4v) is 3.64. The van der Waals surface area contributed by atoms with Gasteiger partial charge in [-0.1, -0.05) is 18.2 Å². The standard InChI is InChI=1S/C24H29FN4O2/c1-4-28(5-2)13-14-29(24(31)26-21-11-9-20(25)10-12-21)16-19-15-18-8-6-7-17(3)22(18)27-23(19)30/h6-12,15H,4-5,13-14,16H2,1-3H3,(H,26,31)(H,27,30)/p+1. The van der Waals surface area contributed by atoms with Crippen LogP contribution in [-0.2, 0) is 6.54 Å². The number of amides is 2. The molecule has 0 atom stereocenters. The van der Waals surface area contributed by atoms with Crippen LogP contribution in [0.3, 0.4) is 0 Å². The zero-order valence-electron chi connectivity index (χ0n) is 18.3. The Balaban J connectivity index is 1.85. The molecule has 2 amide bonds.